The molecule has 1 heterocycles. The maximum Gasteiger partial charge on any atom is 0.410 e. The number of ether oxygens (including phenoxy) is 1. The molecule has 1 aliphatic heterocycles. The molecule has 0 bridgehead atoms. The van der Waals surface area contributed by atoms with Crippen LogP contribution in [-0.4, -0.2) is 53.6 Å². The molecule has 2 amide bonds. The van der Waals surface area contributed by atoms with Gasteiger partial charge in [0.15, 0.2) is 0 Å². The number of likely N-dealkylation sites (tertiary alicyclic amines) is 1. The fraction of sp³-hybridized carbons (Fsp3) is 0.529. The third kappa shape index (κ3) is 4.80. The summed E-state index contributed by atoms with van der Waals surface area (Å²) in [6, 6.07) is 1.66. The van der Waals surface area contributed by atoms with E-state index in [-0.39, 0.29) is 15.2 Å². The number of hydrogen-bond acceptors (Lipinski definition) is 3. The van der Waals surface area contributed by atoms with Crippen molar-refractivity contribution in [3.05, 3.63) is 32.9 Å². The normalized spacial score (nSPS) is 17.6. The van der Waals surface area contributed by atoms with Gasteiger partial charge in [-0.1, -0.05) is 0 Å². The molecule has 25 heavy (non-hydrogen) atoms. The number of amides is 2. The van der Waals surface area contributed by atoms with Gasteiger partial charge < -0.3 is 14.5 Å². The van der Waals surface area contributed by atoms with Crippen LogP contribution >= 0.6 is 22.6 Å². The molecule has 138 valence electrons. The second-order valence-electron chi connectivity index (χ2n) is 7.03. The number of likely N-dealkylation sites (N-methyl/N-ethyl adjacent to an activating group) is 1. The number of halogens is 3. The Morgan fingerprint density at radius 1 is 1.28 bits per heavy atom. The van der Waals surface area contributed by atoms with Crippen molar-refractivity contribution in [3.63, 3.8) is 0 Å². The van der Waals surface area contributed by atoms with Gasteiger partial charge in [-0.2, -0.15) is 0 Å². The monoisotopic (exact) mass is 466 g/mol. The molecular formula is C17H21F2IN2O3. The van der Waals surface area contributed by atoms with Gasteiger partial charge in [0, 0.05) is 29.8 Å². The first kappa shape index (κ1) is 19.9. The Morgan fingerprint density at radius 3 is 2.52 bits per heavy atom. The zero-order chi connectivity index (χ0) is 18.9. The summed E-state index contributed by atoms with van der Waals surface area (Å²) in [5, 5.41) is 0. The van der Waals surface area contributed by atoms with Crippen LogP contribution in [0, 0.1) is 15.2 Å². The molecule has 1 saturated heterocycles. The van der Waals surface area contributed by atoms with Gasteiger partial charge in [-0.25, -0.2) is 13.6 Å². The van der Waals surface area contributed by atoms with E-state index >= 15 is 0 Å². The topological polar surface area (TPSA) is 49.9 Å². The van der Waals surface area contributed by atoms with Crippen molar-refractivity contribution in [2.75, 3.05) is 20.1 Å². The highest BCUT2D eigenvalue weighted by atomic mass is 127. The number of hydrogen-bond donors (Lipinski definition) is 0. The summed E-state index contributed by atoms with van der Waals surface area (Å²) in [6.45, 7) is 6.13. The molecule has 1 atom stereocenters. The highest BCUT2D eigenvalue weighted by molar-refractivity contribution is 14.1. The summed E-state index contributed by atoms with van der Waals surface area (Å²) in [6.07, 6.45) is 0.139. The number of benzene rings is 1. The van der Waals surface area contributed by atoms with Crippen molar-refractivity contribution < 1.29 is 23.1 Å². The Hall–Kier alpha value is -1.45. The molecule has 1 fully saturated rings. The lowest BCUT2D eigenvalue weighted by molar-refractivity contribution is 0.0279. The van der Waals surface area contributed by atoms with Crippen molar-refractivity contribution in [2.24, 2.45) is 0 Å². The molecule has 0 N–H and O–H groups in total. The van der Waals surface area contributed by atoms with Gasteiger partial charge in [0.1, 0.15) is 17.2 Å². The molecule has 0 spiro atoms. The van der Waals surface area contributed by atoms with Crippen LogP contribution < -0.4 is 0 Å². The van der Waals surface area contributed by atoms with E-state index in [4.69, 9.17) is 4.74 Å². The van der Waals surface area contributed by atoms with Gasteiger partial charge in [0.2, 0.25) is 0 Å². The van der Waals surface area contributed by atoms with Crippen LogP contribution in [0.15, 0.2) is 12.1 Å². The Balaban J connectivity index is 2.07. The second-order valence-corrected chi connectivity index (χ2v) is 8.19. The lowest BCUT2D eigenvalue weighted by Crippen LogP contribution is -2.41. The summed E-state index contributed by atoms with van der Waals surface area (Å²) >= 11 is 1.71. The van der Waals surface area contributed by atoms with Crippen molar-refractivity contribution in [3.8, 4) is 0 Å². The third-order valence-corrected chi connectivity index (χ3v) is 4.75. The SMILES string of the molecule is CN(C(=O)c1cc(I)c(F)cc1F)[C@@H]1CCN(C(=O)OC(C)(C)C)C1. The first-order valence-corrected chi connectivity index (χ1v) is 8.97. The van der Waals surface area contributed by atoms with E-state index in [2.05, 4.69) is 0 Å². The standard InChI is InChI=1S/C17H21F2IN2O3/c1-17(2,3)25-16(24)22-6-5-10(9-22)21(4)15(23)11-7-14(20)13(19)8-12(11)18/h7-8,10H,5-6,9H2,1-4H3/t10-/m1/s1. The van der Waals surface area contributed by atoms with Gasteiger partial charge in [-0.15, -0.1) is 0 Å². The maximum atomic E-state index is 13.9. The van der Waals surface area contributed by atoms with Crippen LogP contribution in [0.25, 0.3) is 0 Å². The number of rotatable bonds is 2. The fourth-order valence-electron chi connectivity index (χ4n) is 2.59. The van der Waals surface area contributed by atoms with E-state index in [1.54, 1.807) is 50.4 Å². The molecule has 2 rings (SSSR count). The first-order valence-electron chi connectivity index (χ1n) is 7.89. The maximum absolute atomic E-state index is 13.9. The highest BCUT2D eigenvalue weighted by Gasteiger charge is 2.34. The molecule has 0 saturated carbocycles. The van der Waals surface area contributed by atoms with Crippen LogP contribution in [0.1, 0.15) is 37.6 Å². The predicted octanol–water partition coefficient (Wildman–Crippen LogP) is 3.65. The molecule has 1 aromatic rings. The quantitative estimate of drug-likeness (QED) is 0.494. The van der Waals surface area contributed by atoms with E-state index < -0.39 is 29.2 Å². The van der Waals surface area contributed by atoms with Crippen LogP contribution in [0.4, 0.5) is 13.6 Å². The van der Waals surface area contributed by atoms with Crippen molar-refractivity contribution in [2.45, 2.75) is 38.8 Å². The van der Waals surface area contributed by atoms with Crippen molar-refractivity contribution in [1.82, 2.24) is 9.80 Å². The smallest absolute Gasteiger partial charge is 0.410 e. The zero-order valence-corrected chi connectivity index (χ0v) is 16.8. The minimum Gasteiger partial charge on any atom is -0.444 e. The Kier molecular flexibility index (Phi) is 5.90. The average Bonchev–Trinajstić information content (AvgIpc) is 2.98. The molecular weight excluding hydrogens is 445 g/mol. The Labute approximate surface area is 159 Å². The van der Waals surface area contributed by atoms with E-state index in [0.29, 0.717) is 25.6 Å². The Morgan fingerprint density at radius 2 is 1.92 bits per heavy atom. The highest BCUT2D eigenvalue weighted by Crippen LogP contribution is 2.22. The largest absolute Gasteiger partial charge is 0.444 e. The van der Waals surface area contributed by atoms with Crippen molar-refractivity contribution >= 4 is 34.6 Å². The lowest BCUT2D eigenvalue weighted by Gasteiger charge is -2.27. The van der Waals surface area contributed by atoms with Gasteiger partial charge in [0.05, 0.1) is 11.6 Å². The van der Waals surface area contributed by atoms with Crippen LogP contribution in [0.2, 0.25) is 0 Å². The minimum absolute atomic E-state index is 0.177. The van der Waals surface area contributed by atoms with Crippen LogP contribution in [0.3, 0.4) is 0 Å². The molecule has 0 radical (unpaired) electrons. The molecule has 0 aliphatic carbocycles. The van der Waals surface area contributed by atoms with Crippen LogP contribution in [-0.2, 0) is 4.74 Å². The summed E-state index contributed by atoms with van der Waals surface area (Å²) in [5.74, 6) is -2.13. The summed E-state index contributed by atoms with van der Waals surface area (Å²) < 4.78 is 32.8. The number of carbonyl (C=O) groups excluding carboxylic acids is 2. The van der Waals surface area contributed by atoms with Gasteiger partial charge in [-0.3, -0.25) is 4.79 Å². The molecule has 8 heteroatoms. The van der Waals surface area contributed by atoms with Gasteiger partial charge >= 0.3 is 6.09 Å². The molecule has 0 unspecified atom stereocenters. The number of carbonyl (C=O) groups is 2. The average molecular weight is 466 g/mol. The lowest BCUT2D eigenvalue weighted by atomic mass is 10.1. The van der Waals surface area contributed by atoms with E-state index in [1.807, 2.05) is 0 Å². The van der Waals surface area contributed by atoms with E-state index in [0.717, 1.165) is 0 Å². The molecule has 5 nitrogen and oxygen atoms in total. The minimum atomic E-state index is -0.892. The first-order chi connectivity index (χ1) is 11.5. The van der Waals surface area contributed by atoms with Crippen LogP contribution in [0.5, 0.6) is 0 Å². The summed E-state index contributed by atoms with van der Waals surface area (Å²) in [7, 11) is 1.56. The third-order valence-electron chi connectivity index (χ3n) is 3.92. The molecule has 1 aromatic carbocycles. The van der Waals surface area contributed by atoms with E-state index in [1.165, 1.54) is 15.9 Å². The van der Waals surface area contributed by atoms with Gasteiger partial charge in [-0.05, 0) is 55.8 Å². The van der Waals surface area contributed by atoms with Crippen molar-refractivity contribution in [1.29, 1.82) is 0 Å². The zero-order valence-electron chi connectivity index (χ0n) is 14.6. The second kappa shape index (κ2) is 7.43. The van der Waals surface area contributed by atoms with E-state index in [9.17, 15) is 18.4 Å². The fourth-order valence-corrected chi connectivity index (χ4v) is 3.06. The molecule has 1 aliphatic rings. The Bertz CT molecular complexity index is 691. The summed E-state index contributed by atoms with van der Waals surface area (Å²) in [5.41, 5.74) is -0.769. The molecule has 0 aromatic heterocycles. The predicted molar refractivity (Wildman–Crippen MR) is 97.4 cm³/mol. The summed E-state index contributed by atoms with van der Waals surface area (Å²) in [4.78, 5) is 27.6. The van der Waals surface area contributed by atoms with Gasteiger partial charge in [0.25, 0.3) is 5.91 Å². The number of nitrogens with zero attached hydrogens (tertiary/aromatic N) is 2.